The van der Waals surface area contributed by atoms with Crippen molar-refractivity contribution in [2.24, 2.45) is 0 Å². The van der Waals surface area contributed by atoms with E-state index in [9.17, 15) is 4.79 Å². The predicted octanol–water partition coefficient (Wildman–Crippen LogP) is 2.51. The Labute approximate surface area is 159 Å². The second-order valence-corrected chi connectivity index (χ2v) is 7.86. The number of amides is 1. The number of hydrogen-bond acceptors (Lipinski definition) is 5. The summed E-state index contributed by atoms with van der Waals surface area (Å²) in [5.74, 6) is 0.102. The molecular weight excluding hydrogens is 342 g/mol. The third kappa shape index (κ3) is 3.11. The molecule has 27 heavy (non-hydrogen) atoms. The molecule has 4 aliphatic rings. The second-order valence-electron chi connectivity index (χ2n) is 7.86. The van der Waals surface area contributed by atoms with Crippen LogP contribution in [0.3, 0.4) is 0 Å². The molecule has 0 atom stereocenters. The molecule has 144 valence electrons. The summed E-state index contributed by atoms with van der Waals surface area (Å²) in [6.45, 7) is 3.35. The lowest BCUT2D eigenvalue weighted by atomic mass is 9.92. The zero-order valence-electron chi connectivity index (χ0n) is 15.6. The van der Waals surface area contributed by atoms with Gasteiger partial charge in [0.2, 0.25) is 0 Å². The fourth-order valence-electron chi connectivity index (χ4n) is 4.43. The van der Waals surface area contributed by atoms with Crippen molar-refractivity contribution in [1.29, 1.82) is 0 Å². The van der Waals surface area contributed by atoms with Gasteiger partial charge in [0.15, 0.2) is 0 Å². The molecule has 3 heterocycles. The summed E-state index contributed by atoms with van der Waals surface area (Å²) in [5, 5.41) is 7.02. The highest BCUT2D eigenvalue weighted by atomic mass is 16.5. The summed E-state index contributed by atoms with van der Waals surface area (Å²) < 4.78 is 11.1. The molecule has 2 N–H and O–H groups in total. The van der Waals surface area contributed by atoms with Crippen LogP contribution < -0.4 is 15.5 Å². The van der Waals surface area contributed by atoms with Gasteiger partial charge in [0.05, 0.1) is 30.2 Å². The normalized spacial score (nSPS) is 26.5. The SMILES string of the molecule is O=C1/C(=C2/COCCN2)c2cc(NC3CCC3)ccc2N1C1CCOCC1. The minimum Gasteiger partial charge on any atom is -0.383 e. The van der Waals surface area contributed by atoms with Crippen molar-refractivity contribution < 1.29 is 14.3 Å². The van der Waals surface area contributed by atoms with Crippen molar-refractivity contribution in [3.8, 4) is 0 Å². The summed E-state index contributed by atoms with van der Waals surface area (Å²) in [7, 11) is 0. The number of carbonyl (C=O) groups is 1. The van der Waals surface area contributed by atoms with Gasteiger partial charge in [0.1, 0.15) is 0 Å². The van der Waals surface area contributed by atoms with Gasteiger partial charge in [-0.05, 0) is 50.3 Å². The smallest absolute Gasteiger partial charge is 0.261 e. The lowest BCUT2D eigenvalue weighted by Crippen LogP contribution is -2.42. The fourth-order valence-corrected chi connectivity index (χ4v) is 4.43. The molecule has 1 aromatic carbocycles. The highest BCUT2D eigenvalue weighted by Gasteiger charge is 2.39. The molecule has 3 fully saturated rings. The van der Waals surface area contributed by atoms with Gasteiger partial charge in [-0.1, -0.05) is 0 Å². The van der Waals surface area contributed by atoms with E-state index in [0.29, 0.717) is 19.3 Å². The topological polar surface area (TPSA) is 62.8 Å². The highest BCUT2D eigenvalue weighted by molar-refractivity contribution is 6.33. The molecule has 0 spiro atoms. The average Bonchev–Trinajstić information content (AvgIpc) is 2.97. The Morgan fingerprint density at radius 3 is 2.63 bits per heavy atom. The summed E-state index contributed by atoms with van der Waals surface area (Å²) in [6, 6.07) is 7.16. The van der Waals surface area contributed by atoms with Crippen molar-refractivity contribution in [1.82, 2.24) is 5.32 Å². The minimum absolute atomic E-state index is 0.102. The monoisotopic (exact) mass is 369 g/mol. The quantitative estimate of drug-likeness (QED) is 0.802. The molecule has 1 aromatic rings. The van der Waals surface area contributed by atoms with Gasteiger partial charge in [-0.3, -0.25) is 4.79 Å². The van der Waals surface area contributed by atoms with E-state index in [1.54, 1.807) is 0 Å². The first kappa shape index (κ1) is 17.1. The number of anilines is 2. The Hall–Kier alpha value is -2.05. The zero-order valence-corrected chi connectivity index (χ0v) is 15.6. The second kappa shape index (κ2) is 7.17. The Balaban J connectivity index is 1.54. The number of ether oxygens (including phenoxy) is 2. The molecule has 0 aromatic heterocycles. The molecule has 0 bridgehead atoms. The van der Waals surface area contributed by atoms with E-state index in [0.717, 1.165) is 60.8 Å². The zero-order chi connectivity index (χ0) is 18.2. The lowest BCUT2D eigenvalue weighted by molar-refractivity contribution is -0.113. The van der Waals surface area contributed by atoms with Gasteiger partial charge >= 0.3 is 0 Å². The van der Waals surface area contributed by atoms with Gasteiger partial charge in [-0.15, -0.1) is 0 Å². The Bertz CT molecular complexity index is 758. The van der Waals surface area contributed by atoms with E-state index in [4.69, 9.17) is 9.47 Å². The van der Waals surface area contributed by atoms with Crippen LogP contribution in [0, 0.1) is 0 Å². The maximum Gasteiger partial charge on any atom is 0.261 e. The van der Waals surface area contributed by atoms with E-state index in [1.807, 2.05) is 4.90 Å². The maximum atomic E-state index is 13.5. The number of fused-ring (bicyclic) bond motifs is 1. The molecule has 6 nitrogen and oxygen atoms in total. The van der Waals surface area contributed by atoms with Gasteiger partial charge in [0, 0.05) is 43.1 Å². The van der Waals surface area contributed by atoms with Crippen LogP contribution in [0.4, 0.5) is 11.4 Å². The van der Waals surface area contributed by atoms with Gasteiger partial charge in [0.25, 0.3) is 5.91 Å². The maximum absolute atomic E-state index is 13.5. The van der Waals surface area contributed by atoms with Crippen LogP contribution in [0.1, 0.15) is 37.7 Å². The first-order valence-corrected chi connectivity index (χ1v) is 10.2. The highest BCUT2D eigenvalue weighted by Crippen LogP contribution is 2.42. The van der Waals surface area contributed by atoms with Gasteiger partial charge in [-0.25, -0.2) is 0 Å². The predicted molar refractivity (Wildman–Crippen MR) is 105 cm³/mol. The van der Waals surface area contributed by atoms with Gasteiger partial charge < -0.3 is 25.0 Å². The van der Waals surface area contributed by atoms with Crippen molar-refractivity contribution in [3.63, 3.8) is 0 Å². The van der Waals surface area contributed by atoms with E-state index in [1.165, 1.54) is 19.3 Å². The molecule has 1 amide bonds. The van der Waals surface area contributed by atoms with Crippen molar-refractivity contribution >= 4 is 22.9 Å². The molecule has 1 saturated carbocycles. The number of morpholine rings is 1. The Kier molecular flexibility index (Phi) is 4.53. The lowest BCUT2D eigenvalue weighted by Gasteiger charge is -2.32. The molecule has 5 rings (SSSR count). The fraction of sp³-hybridized carbons (Fsp3) is 0.571. The van der Waals surface area contributed by atoms with E-state index in [2.05, 4.69) is 28.8 Å². The number of nitrogens with zero attached hydrogens (tertiary/aromatic N) is 1. The Morgan fingerprint density at radius 2 is 1.93 bits per heavy atom. The number of hydrogen-bond donors (Lipinski definition) is 2. The molecule has 0 unspecified atom stereocenters. The number of nitrogens with one attached hydrogen (secondary N) is 2. The molecular formula is C21H27N3O3. The molecule has 3 aliphatic heterocycles. The van der Waals surface area contributed by atoms with Gasteiger partial charge in [-0.2, -0.15) is 0 Å². The number of benzene rings is 1. The number of rotatable bonds is 3. The first-order chi connectivity index (χ1) is 13.3. The molecule has 2 saturated heterocycles. The molecule has 6 heteroatoms. The summed E-state index contributed by atoms with van der Waals surface area (Å²) in [4.78, 5) is 15.5. The van der Waals surface area contributed by atoms with Crippen LogP contribution in [0.2, 0.25) is 0 Å². The molecule has 1 aliphatic carbocycles. The first-order valence-electron chi connectivity index (χ1n) is 10.2. The van der Waals surface area contributed by atoms with E-state index >= 15 is 0 Å². The Morgan fingerprint density at radius 1 is 1.07 bits per heavy atom. The third-order valence-corrected chi connectivity index (χ3v) is 6.12. The minimum atomic E-state index is 0.102. The standard InChI is InChI=1S/C21H27N3O3/c25-21-20(18-13-27-11-8-22-18)17-12-15(23-14-2-1-3-14)4-5-19(17)24(21)16-6-9-26-10-7-16/h4-5,12,14,16,22-23H,1-3,6-11,13H2/b20-18-. The van der Waals surface area contributed by atoms with Crippen LogP contribution in [0.25, 0.3) is 5.57 Å². The summed E-state index contributed by atoms with van der Waals surface area (Å²) >= 11 is 0. The average molecular weight is 369 g/mol. The van der Waals surface area contributed by atoms with Crippen molar-refractivity contribution in [2.45, 2.75) is 44.2 Å². The van der Waals surface area contributed by atoms with Crippen molar-refractivity contribution in [2.75, 3.05) is 43.2 Å². The summed E-state index contributed by atoms with van der Waals surface area (Å²) in [5.41, 5.74) is 4.87. The third-order valence-electron chi connectivity index (χ3n) is 6.12. The van der Waals surface area contributed by atoms with E-state index in [-0.39, 0.29) is 11.9 Å². The van der Waals surface area contributed by atoms with Crippen LogP contribution in [-0.4, -0.2) is 51.0 Å². The summed E-state index contributed by atoms with van der Waals surface area (Å²) in [6.07, 6.45) is 5.54. The largest absolute Gasteiger partial charge is 0.383 e. The molecule has 0 radical (unpaired) electrons. The van der Waals surface area contributed by atoms with Crippen LogP contribution in [0.15, 0.2) is 23.9 Å². The van der Waals surface area contributed by atoms with Crippen LogP contribution in [0.5, 0.6) is 0 Å². The van der Waals surface area contributed by atoms with E-state index < -0.39 is 0 Å². The van der Waals surface area contributed by atoms with Crippen LogP contribution in [-0.2, 0) is 14.3 Å². The van der Waals surface area contributed by atoms with Crippen LogP contribution >= 0.6 is 0 Å². The number of carbonyl (C=O) groups excluding carboxylic acids is 1. The van der Waals surface area contributed by atoms with Crippen molar-refractivity contribution in [3.05, 3.63) is 29.5 Å².